The first-order valence-electron chi connectivity index (χ1n) is 8.29. The number of hydrogen-bond acceptors (Lipinski definition) is 5. The summed E-state index contributed by atoms with van der Waals surface area (Å²) in [6.45, 7) is 2.19. The van der Waals surface area contributed by atoms with Crippen LogP contribution in [-0.4, -0.2) is 47.7 Å². The molecule has 1 aliphatic heterocycles. The molecular formula is C16H15ClF7N3O2S. The quantitative estimate of drug-likeness (QED) is 0.466. The fraction of sp³-hybridized carbons (Fsp3) is 0.500. The lowest BCUT2D eigenvalue weighted by molar-refractivity contribution is -0.301. The third kappa shape index (κ3) is 4.56. The van der Waals surface area contributed by atoms with Crippen LogP contribution in [-0.2, 0) is 4.74 Å². The highest BCUT2D eigenvalue weighted by molar-refractivity contribution is 8.15. The predicted octanol–water partition coefficient (Wildman–Crippen LogP) is 5.34. The van der Waals surface area contributed by atoms with E-state index in [4.69, 9.17) is 11.6 Å². The van der Waals surface area contributed by atoms with Gasteiger partial charge in [0.15, 0.2) is 5.17 Å². The molecule has 1 aromatic rings. The Morgan fingerprint density at radius 1 is 1.30 bits per heavy atom. The van der Waals surface area contributed by atoms with Crippen LogP contribution in [0.3, 0.4) is 0 Å². The topological polar surface area (TPSA) is 53.9 Å². The number of rotatable bonds is 4. The van der Waals surface area contributed by atoms with Crippen LogP contribution in [0.1, 0.15) is 13.8 Å². The second-order valence-corrected chi connectivity index (χ2v) is 7.85. The van der Waals surface area contributed by atoms with Gasteiger partial charge in [-0.3, -0.25) is 15.2 Å². The van der Waals surface area contributed by atoms with Crippen LogP contribution in [0.15, 0.2) is 23.2 Å². The van der Waals surface area contributed by atoms with E-state index in [0.29, 0.717) is 30.0 Å². The minimum absolute atomic E-state index is 0.0728. The number of amides is 1. The summed E-state index contributed by atoms with van der Waals surface area (Å²) in [5.74, 6) is -1.06. The van der Waals surface area contributed by atoms with Gasteiger partial charge < -0.3 is 4.74 Å². The van der Waals surface area contributed by atoms with Gasteiger partial charge in [-0.2, -0.15) is 26.3 Å². The van der Waals surface area contributed by atoms with E-state index in [0.717, 1.165) is 5.32 Å². The van der Waals surface area contributed by atoms with Crippen LogP contribution in [0.25, 0.3) is 0 Å². The Morgan fingerprint density at radius 3 is 2.33 bits per heavy atom. The van der Waals surface area contributed by atoms with E-state index in [1.807, 2.05) is 0 Å². The van der Waals surface area contributed by atoms with Crippen LogP contribution in [0.5, 0.6) is 0 Å². The van der Waals surface area contributed by atoms with Crippen molar-refractivity contribution in [1.29, 1.82) is 0 Å². The van der Waals surface area contributed by atoms with E-state index in [2.05, 4.69) is 9.73 Å². The number of benzene rings is 1. The van der Waals surface area contributed by atoms with Gasteiger partial charge in [0.25, 0.3) is 0 Å². The number of halogens is 8. The second-order valence-electron chi connectivity index (χ2n) is 6.04. The number of nitrogens with zero attached hydrogens (tertiary/aromatic N) is 2. The Hall–Kier alpha value is -1.89. The third-order valence-electron chi connectivity index (χ3n) is 3.86. The molecule has 1 aliphatic rings. The van der Waals surface area contributed by atoms with Gasteiger partial charge in [-0.15, -0.1) is 0 Å². The molecule has 1 heterocycles. The molecule has 30 heavy (non-hydrogen) atoms. The summed E-state index contributed by atoms with van der Waals surface area (Å²) in [4.78, 5) is 15.3. The molecule has 0 radical (unpaired) electrons. The number of hydrogen-bond donors (Lipinski definition) is 1. The Kier molecular flexibility index (Phi) is 7.06. The zero-order valence-corrected chi connectivity index (χ0v) is 16.9. The highest BCUT2D eigenvalue weighted by Gasteiger charge is 2.77. The smallest absolute Gasteiger partial charge is 0.440 e. The molecule has 0 fully saturated rings. The molecule has 168 valence electrons. The van der Waals surface area contributed by atoms with E-state index >= 15 is 0 Å². The Bertz CT molecular complexity index is 818. The number of carbonyl (C=O) groups is 1. The number of amidine groups is 1. The van der Waals surface area contributed by atoms with Crippen molar-refractivity contribution in [2.45, 2.75) is 37.1 Å². The van der Waals surface area contributed by atoms with Gasteiger partial charge in [-0.25, -0.2) is 9.18 Å². The number of ether oxygens (including phenoxy) is 1. The van der Waals surface area contributed by atoms with Gasteiger partial charge in [0.05, 0.1) is 18.2 Å². The normalized spacial score (nSPS) is 17.5. The van der Waals surface area contributed by atoms with Crippen molar-refractivity contribution in [3.05, 3.63) is 29.0 Å². The molecule has 1 N–H and O–H groups in total. The van der Waals surface area contributed by atoms with Gasteiger partial charge in [-0.1, -0.05) is 30.3 Å². The monoisotopic (exact) mass is 481 g/mol. The molecule has 1 amide bonds. The largest absolute Gasteiger partial charge is 0.450 e. The first kappa shape index (κ1) is 24.4. The first-order chi connectivity index (χ1) is 13.7. The SMILES string of the molecule is CCOC(=O)NC(N(C1=NC[C@H](C)S1)c1ccc(F)c(Cl)c1)(C(F)(F)F)C(F)(F)F. The standard InChI is InChI=1S/C16H15ClF7N3O2S/c1-3-29-13(28)26-14(15(19,20)21,16(22,23)24)27(12-25-7-8(2)30-12)9-4-5-11(18)10(17)6-9/h4-6,8H,3,7H2,1-2H3,(H,26,28)/t8-/m0/s1. The van der Waals surface area contributed by atoms with Gasteiger partial charge in [0.2, 0.25) is 0 Å². The van der Waals surface area contributed by atoms with Crippen molar-refractivity contribution >= 4 is 40.3 Å². The lowest BCUT2D eigenvalue weighted by Gasteiger charge is -2.45. The summed E-state index contributed by atoms with van der Waals surface area (Å²) >= 11 is 6.23. The van der Waals surface area contributed by atoms with Crippen molar-refractivity contribution in [3.8, 4) is 0 Å². The summed E-state index contributed by atoms with van der Waals surface area (Å²) in [6, 6.07) is 1.87. The summed E-state index contributed by atoms with van der Waals surface area (Å²) in [5, 5.41) is -0.927. The summed E-state index contributed by atoms with van der Waals surface area (Å²) in [6.07, 6.45) is -14.2. The molecule has 1 aromatic carbocycles. The fourth-order valence-electron chi connectivity index (χ4n) is 2.58. The average Bonchev–Trinajstić information content (AvgIpc) is 3.01. The van der Waals surface area contributed by atoms with Crippen molar-refractivity contribution in [2.24, 2.45) is 4.99 Å². The number of alkyl carbamates (subject to hydrolysis) is 1. The van der Waals surface area contributed by atoms with E-state index in [-0.39, 0.29) is 11.4 Å². The lowest BCUT2D eigenvalue weighted by Crippen LogP contribution is -2.77. The molecular weight excluding hydrogens is 467 g/mol. The Labute approximate surface area is 175 Å². The lowest BCUT2D eigenvalue weighted by atomic mass is 10.1. The van der Waals surface area contributed by atoms with Crippen LogP contribution in [0, 0.1) is 5.82 Å². The number of nitrogens with one attached hydrogen (secondary N) is 1. The Balaban J connectivity index is 2.83. The van der Waals surface area contributed by atoms with Crippen LogP contribution in [0.2, 0.25) is 5.02 Å². The van der Waals surface area contributed by atoms with E-state index < -0.39 is 57.7 Å². The third-order valence-corrected chi connectivity index (χ3v) is 5.22. The van der Waals surface area contributed by atoms with Gasteiger partial charge >= 0.3 is 24.1 Å². The molecule has 0 spiro atoms. The maximum absolute atomic E-state index is 14.1. The number of alkyl halides is 6. The second kappa shape index (κ2) is 8.69. The van der Waals surface area contributed by atoms with Crippen LogP contribution < -0.4 is 10.2 Å². The first-order valence-corrected chi connectivity index (χ1v) is 9.55. The maximum Gasteiger partial charge on any atom is 0.440 e. The van der Waals surface area contributed by atoms with Crippen molar-refractivity contribution < 1.29 is 40.3 Å². The molecule has 0 saturated carbocycles. The van der Waals surface area contributed by atoms with Crippen molar-refractivity contribution in [2.75, 3.05) is 18.1 Å². The van der Waals surface area contributed by atoms with E-state index in [1.54, 1.807) is 6.92 Å². The van der Waals surface area contributed by atoms with Gasteiger partial charge in [-0.05, 0) is 25.1 Å². The summed E-state index contributed by atoms with van der Waals surface area (Å²) in [7, 11) is 0. The number of thioether (sulfide) groups is 1. The van der Waals surface area contributed by atoms with Crippen LogP contribution in [0.4, 0.5) is 41.2 Å². The summed E-state index contributed by atoms with van der Waals surface area (Å²) < 4.78 is 103. The minimum atomic E-state index is -6.10. The van der Waals surface area contributed by atoms with E-state index in [1.165, 1.54) is 6.92 Å². The van der Waals surface area contributed by atoms with Crippen molar-refractivity contribution in [1.82, 2.24) is 5.32 Å². The van der Waals surface area contributed by atoms with Gasteiger partial charge in [0.1, 0.15) is 5.82 Å². The average molecular weight is 482 g/mol. The molecule has 1 atom stereocenters. The molecule has 0 unspecified atom stereocenters. The zero-order chi connectivity index (χ0) is 22.9. The fourth-order valence-corrected chi connectivity index (χ4v) is 3.76. The zero-order valence-electron chi connectivity index (χ0n) is 15.4. The number of anilines is 1. The molecule has 14 heteroatoms. The molecule has 0 aliphatic carbocycles. The minimum Gasteiger partial charge on any atom is -0.450 e. The number of carbonyl (C=O) groups excluding carboxylic acids is 1. The van der Waals surface area contributed by atoms with Crippen LogP contribution >= 0.6 is 23.4 Å². The van der Waals surface area contributed by atoms with Gasteiger partial charge in [0, 0.05) is 10.9 Å². The molecule has 0 bridgehead atoms. The molecule has 0 saturated heterocycles. The highest BCUT2D eigenvalue weighted by atomic mass is 35.5. The molecule has 0 aromatic heterocycles. The van der Waals surface area contributed by atoms with E-state index in [9.17, 15) is 35.5 Å². The maximum atomic E-state index is 14.1. The van der Waals surface area contributed by atoms with Crippen molar-refractivity contribution in [3.63, 3.8) is 0 Å². The molecule has 5 nitrogen and oxygen atoms in total. The number of aliphatic imine (C=N–C) groups is 1. The summed E-state index contributed by atoms with van der Waals surface area (Å²) in [5.41, 5.74) is -5.75. The molecule has 2 rings (SSSR count). The predicted molar refractivity (Wildman–Crippen MR) is 98.2 cm³/mol. The Morgan fingerprint density at radius 2 is 1.90 bits per heavy atom. The highest BCUT2D eigenvalue weighted by Crippen LogP contribution is 2.49.